The van der Waals surface area contributed by atoms with Crippen molar-refractivity contribution in [3.8, 4) is 0 Å². The fraction of sp³-hybridized carbons (Fsp3) is 0.538. The maximum Gasteiger partial charge on any atom is 0.245 e. The predicted molar refractivity (Wildman–Crippen MR) is 82.4 cm³/mol. The Balaban J connectivity index is 0.00000162. The number of amides is 1. The van der Waals surface area contributed by atoms with E-state index in [0.29, 0.717) is 5.82 Å². The molecule has 4 nitrogen and oxygen atoms in total. The first-order valence-electron chi connectivity index (χ1n) is 6.15. The summed E-state index contributed by atoms with van der Waals surface area (Å²) in [5.41, 5.74) is 0.694. The van der Waals surface area contributed by atoms with Crippen molar-refractivity contribution in [1.82, 2.24) is 10.3 Å². The lowest BCUT2D eigenvalue weighted by Gasteiger charge is -2.26. The van der Waals surface area contributed by atoms with E-state index in [0.717, 1.165) is 31.4 Å². The van der Waals surface area contributed by atoms with Crippen LogP contribution in [0.4, 0.5) is 5.82 Å². The fourth-order valence-electron chi connectivity index (χ4n) is 2.24. The number of nitrogens with one attached hydrogen (secondary N) is 2. The molecule has 0 saturated carbocycles. The molecule has 2 N–H and O–H groups in total. The molecular weight excluding hydrogens is 285 g/mol. The Morgan fingerprint density at radius 1 is 1.47 bits per heavy atom. The molecule has 1 aromatic rings. The summed E-state index contributed by atoms with van der Waals surface area (Å²) >= 11 is 0. The number of nitrogens with zero attached hydrogens (tertiary/aromatic N) is 1. The van der Waals surface area contributed by atoms with Crippen LogP contribution in [-0.4, -0.2) is 23.0 Å². The van der Waals surface area contributed by atoms with Gasteiger partial charge in [-0.2, -0.15) is 0 Å². The Hall–Kier alpha value is -0.840. The van der Waals surface area contributed by atoms with Gasteiger partial charge in [0.05, 0.1) is 5.54 Å². The van der Waals surface area contributed by atoms with Crippen molar-refractivity contribution in [2.24, 2.45) is 0 Å². The largest absolute Gasteiger partial charge is 0.309 e. The topological polar surface area (TPSA) is 54.0 Å². The lowest BCUT2D eigenvalue weighted by Crippen LogP contribution is -2.50. The van der Waals surface area contributed by atoms with Crippen LogP contribution in [0.15, 0.2) is 18.3 Å². The Kier molecular flexibility index (Phi) is 7.34. The number of anilines is 1. The molecule has 2 rings (SSSR count). The van der Waals surface area contributed by atoms with E-state index in [1.165, 1.54) is 0 Å². The van der Waals surface area contributed by atoms with Gasteiger partial charge >= 0.3 is 0 Å². The molecule has 1 aromatic heterocycles. The monoisotopic (exact) mass is 305 g/mol. The van der Waals surface area contributed by atoms with E-state index in [2.05, 4.69) is 15.6 Å². The third-order valence-electron chi connectivity index (χ3n) is 3.43. The van der Waals surface area contributed by atoms with E-state index < -0.39 is 5.54 Å². The zero-order valence-corrected chi connectivity index (χ0v) is 12.9. The van der Waals surface area contributed by atoms with Crippen molar-refractivity contribution in [2.45, 2.75) is 38.6 Å². The van der Waals surface area contributed by atoms with E-state index >= 15 is 0 Å². The Morgan fingerprint density at radius 2 is 2.21 bits per heavy atom. The van der Waals surface area contributed by atoms with Gasteiger partial charge in [-0.3, -0.25) is 4.79 Å². The highest BCUT2D eigenvalue weighted by molar-refractivity contribution is 5.97. The van der Waals surface area contributed by atoms with Crippen molar-refractivity contribution < 1.29 is 4.79 Å². The quantitative estimate of drug-likeness (QED) is 0.903. The van der Waals surface area contributed by atoms with Gasteiger partial charge in [-0.05, 0) is 44.4 Å². The van der Waals surface area contributed by atoms with Crippen molar-refractivity contribution in [3.63, 3.8) is 0 Å². The highest BCUT2D eigenvalue weighted by Crippen LogP contribution is 2.24. The Labute approximate surface area is 126 Å². The van der Waals surface area contributed by atoms with Crippen LogP contribution in [-0.2, 0) is 4.79 Å². The molecule has 0 spiro atoms. The molecule has 0 aliphatic carbocycles. The molecule has 1 unspecified atom stereocenters. The standard InChI is InChI=1S/C13H19N3O.2ClH/c1-3-13(7-4-8-15-13)12(17)16-11-6-5-10(2)9-14-11;;/h5-6,9,15H,3-4,7-8H2,1-2H3,(H,14,16,17);2*1H. The molecule has 1 aliphatic heterocycles. The lowest BCUT2D eigenvalue weighted by atomic mass is 9.93. The third kappa shape index (κ3) is 4.06. The zero-order chi connectivity index (χ0) is 12.3. The molecule has 19 heavy (non-hydrogen) atoms. The second-order valence-corrected chi connectivity index (χ2v) is 4.64. The van der Waals surface area contributed by atoms with E-state index in [9.17, 15) is 4.79 Å². The molecule has 2 heterocycles. The average Bonchev–Trinajstić information content (AvgIpc) is 2.82. The third-order valence-corrected chi connectivity index (χ3v) is 3.43. The average molecular weight is 306 g/mol. The van der Waals surface area contributed by atoms with E-state index in [-0.39, 0.29) is 30.7 Å². The van der Waals surface area contributed by atoms with Crippen molar-refractivity contribution >= 4 is 36.5 Å². The number of pyridine rings is 1. The number of carbonyl (C=O) groups excluding carboxylic acids is 1. The molecule has 1 fully saturated rings. The highest BCUT2D eigenvalue weighted by Gasteiger charge is 2.39. The van der Waals surface area contributed by atoms with Gasteiger partial charge in [-0.1, -0.05) is 13.0 Å². The second-order valence-electron chi connectivity index (χ2n) is 4.64. The van der Waals surface area contributed by atoms with Crippen molar-refractivity contribution in [2.75, 3.05) is 11.9 Å². The van der Waals surface area contributed by atoms with E-state index in [4.69, 9.17) is 0 Å². The molecule has 0 aromatic carbocycles. The fourth-order valence-corrected chi connectivity index (χ4v) is 2.24. The molecular formula is C13H21Cl2N3O. The van der Waals surface area contributed by atoms with Crippen molar-refractivity contribution in [1.29, 1.82) is 0 Å². The molecule has 1 saturated heterocycles. The maximum atomic E-state index is 12.2. The minimum absolute atomic E-state index is 0. The van der Waals surface area contributed by atoms with Gasteiger partial charge in [0.15, 0.2) is 0 Å². The van der Waals surface area contributed by atoms with Crippen LogP contribution in [0.1, 0.15) is 31.7 Å². The van der Waals surface area contributed by atoms with Crippen LogP contribution in [0.25, 0.3) is 0 Å². The van der Waals surface area contributed by atoms with E-state index in [1.807, 2.05) is 26.0 Å². The van der Waals surface area contributed by atoms with Gasteiger partial charge in [-0.15, -0.1) is 24.8 Å². The number of rotatable bonds is 3. The minimum Gasteiger partial charge on any atom is -0.309 e. The van der Waals surface area contributed by atoms with Gasteiger partial charge in [0.2, 0.25) is 5.91 Å². The van der Waals surface area contributed by atoms with Crippen LogP contribution < -0.4 is 10.6 Å². The van der Waals surface area contributed by atoms with Crippen LogP contribution >= 0.6 is 24.8 Å². The van der Waals surface area contributed by atoms with Crippen LogP contribution in [0.3, 0.4) is 0 Å². The van der Waals surface area contributed by atoms with Crippen molar-refractivity contribution in [3.05, 3.63) is 23.9 Å². The first kappa shape index (κ1) is 18.2. The molecule has 0 bridgehead atoms. The summed E-state index contributed by atoms with van der Waals surface area (Å²) in [7, 11) is 0. The smallest absolute Gasteiger partial charge is 0.245 e. The molecule has 1 atom stereocenters. The van der Waals surface area contributed by atoms with Gasteiger partial charge in [0.25, 0.3) is 0 Å². The first-order valence-corrected chi connectivity index (χ1v) is 6.15. The number of aryl methyl sites for hydroxylation is 1. The summed E-state index contributed by atoms with van der Waals surface area (Å²) in [6, 6.07) is 3.79. The summed E-state index contributed by atoms with van der Waals surface area (Å²) in [6.07, 6.45) is 4.53. The zero-order valence-electron chi connectivity index (χ0n) is 11.2. The predicted octanol–water partition coefficient (Wildman–Crippen LogP) is 2.70. The first-order chi connectivity index (χ1) is 8.16. The molecule has 0 radical (unpaired) electrons. The van der Waals surface area contributed by atoms with Crippen LogP contribution in [0, 0.1) is 6.92 Å². The number of hydrogen-bond donors (Lipinski definition) is 2. The number of aromatic nitrogens is 1. The van der Waals surface area contributed by atoms with Gasteiger partial charge in [0.1, 0.15) is 5.82 Å². The summed E-state index contributed by atoms with van der Waals surface area (Å²) in [6.45, 7) is 4.94. The van der Waals surface area contributed by atoms with E-state index in [1.54, 1.807) is 6.20 Å². The van der Waals surface area contributed by atoms with Gasteiger partial charge < -0.3 is 10.6 Å². The number of carbonyl (C=O) groups is 1. The molecule has 1 aliphatic rings. The normalized spacial score (nSPS) is 21.2. The SMILES string of the molecule is CCC1(C(=O)Nc2ccc(C)cn2)CCCN1.Cl.Cl. The summed E-state index contributed by atoms with van der Waals surface area (Å²) in [5, 5.41) is 6.20. The minimum atomic E-state index is -0.396. The molecule has 6 heteroatoms. The lowest BCUT2D eigenvalue weighted by molar-refractivity contribution is -0.122. The van der Waals surface area contributed by atoms with Gasteiger partial charge in [0, 0.05) is 6.20 Å². The summed E-state index contributed by atoms with van der Waals surface area (Å²) in [5.74, 6) is 0.663. The van der Waals surface area contributed by atoms with Gasteiger partial charge in [-0.25, -0.2) is 4.98 Å². The number of halogens is 2. The molecule has 108 valence electrons. The summed E-state index contributed by atoms with van der Waals surface area (Å²) < 4.78 is 0. The Bertz CT molecular complexity index is 403. The summed E-state index contributed by atoms with van der Waals surface area (Å²) in [4.78, 5) is 16.4. The number of hydrogen-bond acceptors (Lipinski definition) is 3. The molecule has 1 amide bonds. The maximum absolute atomic E-state index is 12.2. The second kappa shape index (κ2) is 7.68. The van der Waals surface area contributed by atoms with Crippen LogP contribution in [0.2, 0.25) is 0 Å². The highest BCUT2D eigenvalue weighted by atomic mass is 35.5. The Morgan fingerprint density at radius 3 is 2.68 bits per heavy atom. The van der Waals surface area contributed by atoms with Crippen LogP contribution in [0.5, 0.6) is 0 Å².